The van der Waals surface area contributed by atoms with Gasteiger partial charge in [0.15, 0.2) is 0 Å². The van der Waals surface area contributed by atoms with Crippen molar-refractivity contribution in [1.82, 2.24) is 0 Å². The second-order valence-corrected chi connectivity index (χ2v) is 9.50. The summed E-state index contributed by atoms with van der Waals surface area (Å²) < 4.78 is 14.1. The van der Waals surface area contributed by atoms with E-state index in [4.69, 9.17) is 0 Å². The molecular formula is C14H19FOSi. The van der Waals surface area contributed by atoms with Crippen molar-refractivity contribution in [3.63, 3.8) is 0 Å². The van der Waals surface area contributed by atoms with Crippen LogP contribution in [0.1, 0.15) is 30.7 Å². The Kier molecular flexibility index (Phi) is 3.47. The van der Waals surface area contributed by atoms with Gasteiger partial charge >= 0.3 is 0 Å². The molecule has 1 fully saturated rings. The summed E-state index contributed by atoms with van der Waals surface area (Å²) in [6.07, 6.45) is 1.88. The van der Waals surface area contributed by atoms with Gasteiger partial charge < -0.3 is 4.11 Å². The van der Waals surface area contributed by atoms with Crippen molar-refractivity contribution in [2.45, 2.75) is 43.8 Å². The van der Waals surface area contributed by atoms with Crippen LogP contribution in [-0.2, 0) is 4.79 Å². The molecule has 0 N–H and O–H groups in total. The van der Waals surface area contributed by atoms with Crippen molar-refractivity contribution in [1.29, 1.82) is 0 Å². The fraction of sp³-hybridized carbons (Fsp3) is 0.500. The lowest BCUT2D eigenvalue weighted by Gasteiger charge is -2.33. The van der Waals surface area contributed by atoms with Gasteiger partial charge in [-0.1, -0.05) is 30.3 Å². The minimum Gasteiger partial charge on any atom is -0.314 e. The average molecular weight is 250 g/mol. The summed E-state index contributed by atoms with van der Waals surface area (Å²) in [6, 6.07) is 10.0. The molecule has 0 heterocycles. The van der Waals surface area contributed by atoms with Gasteiger partial charge in [0.05, 0.1) is 0 Å². The molecule has 1 aromatic rings. The molecule has 0 aliphatic heterocycles. The van der Waals surface area contributed by atoms with E-state index in [0.717, 1.165) is 6.42 Å². The number of hydrogen-bond acceptors (Lipinski definition) is 1. The monoisotopic (exact) mass is 250 g/mol. The van der Waals surface area contributed by atoms with Crippen molar-refractivity contribution in [3.05, 3.63) is 35.9 Å². The van der Waals surface area contributed by atoms with E-state index in [2.05, 4.69) is 0 Å². The van der Waals surface area contributed by atoms with Crippen LogP contribution in [0.25, 0.3) is 0 Å². The minimum absolute atomic E-state index is 0.00560. The predicted molar refractivity (Wildman–Crippen MR) is 70.4 cm³/mol. The van der Waals surface area contributed by atoms with E-state index >= 15 is 0 Å². The summed E-state index contributed by atoms with van der Waals surface area (Å²) in [5.74, 6) is 0.457. The number of carbonyl (C=O) groups excluding carboxylic acids is 1. The highest BCUT2D eigenvalue weighted by Gasteiger charge is 2.39. The van der Waals surface area contributed by atoms with Gasteiger partial charge in [0.25, 0.3) is 0 Å². The van der Waals surface area contributed by atoms with Crippen molar-refractivity contribution in [2.24, 2.45) is 0 Å². The van der Waals surface area contributed by atoms with Gasteiger partial charge in [-0.3, -0.25) is 4.79 Å². The summed E-state index contributed by atoms with van der Waals surface area (Å²) >= 11 is 0. The minimum atomic E-state index is -2.69. The molecule has 0 spiro atoms. The Morgan fingerprint density at radius 3 is 2.41 bits per heavy atom. The van der Waals surface area contributed by atoms with E-state index in [0.29, 0.717) is 12.8 Å². The highest BCUT2D eigenvalue weighted by molar-refractivity contribution is 6.72. The molecule has 92 valence electrons. The Labute approximate surface area is 103 Å². The molecule has 0 unspecified atom stereocenters. The smallest absolute Gasteiger partial charge is 0.244 e. The Hall–Kier alpha value is -0.963. The van der Waals surface area contributed by atoms with Gasteiger partial charge in [0, 0.05) is 12.8 Å². The Morgan fingerprint density at radius 2 is 1.82 bits per heavy atom. The van der Waals surface area contributed by atoms with Crippen molar-refractivity contribution < 1.29 is 8.90 Å². The number of Topliss-reactive ketones (excluding diaryl/α,β-unsaturated/α-hetero) is 1. The zero-order valence-corrected chi connectivity index (χ0v) is 11.4. The van der Waals surface area contributed by atoms with Crippen LogP contribution in [0, 0.1) is 0 Å². The van der Waals surface area contributed by atoms with Gasteiger partial charge in [0.2, 0.25) is 8.41 Å². The number of benzene rings is 1. The maximum Gasteiger partial charge on any atom is 0.244 e. The molecule has 1 aromatic carbocycles. The third kappa shape index (κ3) is 3.03. The Balaban J connectivity index is 2.17. The van der Waals surface area contributed by atoms with Gasteiger partial charge in [-0.05, 0) is 36.5 Å². The number of ketones is 1. The van der Waals surface area contributed by atoms with E-state index in [1.54, 1.807) is 13.1 Å². The topological polar surface area (TPSA) is 17.1 Å². The molecule has 3 heteroatoms. The summed E-state index contributed by atoms with van der Waals surface area (Å²) in [5, 5.41) is 0. The molecule has 1 saturated carbocycles. The van der Waals surface area contributed by atoms with E-state index in [9.17, 15) is 8.90 Å². The Bertz CT molecular complexity index is 396. The van der Waals surface area contributed by atoms with Crippen LogP contribution < -0.4 is 0 Å². The van der Waals surface area contributed by atoms with Gasteiger partial charge in [-0.25, -0.2) is 0 Å². The molecule has 1 aliphatic rings. The lowest BCUT2D eigenvalue weighted by atomic mass is 9.83. The van der Waals surface area contributed by atoms with Crippen LogP contribution in [0.4, 0.5) is 4.11 Å². The first-order valence-electron chi connectivity index (χ1n) is 6.22. The third-order valence-corrected chi connectivity index (χ3v) is 6.14. The van der Waals surface area contributed by atoms with E-state index < -0.39 is 8.41 Å². The fourth-order valence-corrected chi connectivity index (χ4v) is 4.20. The SMILES string of the molecule is C[Si](C)(F)[C@H]1CC(=O)C[C@H](c2ccccc2)C1. The van der Waals surface area contributed by atoms with Crippen molar-refractivity contribution in [2.75, 3.05) is 0 Å². The molecular weight excluding hydrogens is 231 g/mol. The molecule has 2 atom stereocenters. The van der Waals surface area contributed by atoms with Crippen molar-refractivity contribution >= 4 is 14.2 Å². The van der Waals surface area contributed by atoms with E-state index in [1.165, 1.54) is 5.56 Å². The number of hydrogen-bond donors (Lipinski definition) is 0. The lowest BCUT2D eigenvalue weighted by molar-refractivity contribution is -0.120. The highest BCUT2D eigenvalue weighted by atomic mass is 28.4. The third-order valence-electron chi connectivity index (χ3n) is 3.76. The molecule has 0 bridgehead atoms. The highest BCUT2D eigenvalue weighted by Crippen LogP contribution is 2.42. The summed E-state index contributed by atoms with van der Waals surface area (Å²) in [6.45, 7) is 3.44. The summed E-state index contributed by atoms with van der Waals surface area (Å²) in [5.41, 5.74) is 1.18. The summed E-state index contributed by atoms with van der Waals surface area (Å²) in [7, 11) is -2.69. The van der Waals surface area contributed by atoms with Crippen LogP contribution in [0.5, 0.6) is 0 Å². The largest absolute Gasteiger partial charge is 0.314 e. The normalized spacial score (nSPS) is 25.9. The first-order valence-corrected chi connectivity index (χ1v) is 9.18. The average Bonchev–Trinajstić information content (AvgIpc) is 2.28. The van der Waals surface area contributed by atoms with Crippen LogP contribution in [0.3, 0.4) is 0 Å². The first-order chi connectivity index (χ1) is 7.97. The van der Waals surface area contributed by atoms with Crippen LogP contribution in [-0.4, -0.2) is 14.2 Å². The zero-order chi connectivity index (χ0) is 12.5. The molecule has 2 rings (SSSR count). The molecule has 1 aliphatic carbocycles. The van der Waals surface area contributed by atoms with Crippen molar-refractivity contribution in [3.8, 4) is 0 Å². The number of halogens is 1. The number of carbonyl (C=O) groups is 1. The van der Waals surface area contributed by atoms with E-state index in [-0.39, 0.29) is 17.2 Å². The second kappa shape index (κ2) is 4.73. The predicted octanol–water partition coefficient (Wildman–Crippen LogP) is 4.07. The Morgan fingerprint density at radius 1 is 1.18 bits per heavy atom. The maximum absolute atomic E-state index is 14.1. The second-order valence-electron chi connectivity index (χ2n) is 5.55. The first kappa shape index (κ1) is 12.5. The number of rotatable bonds is 2. The molecule has 0 amide bonds. The maximum atomic E-state index is 14.1. The van der Waals surface area contributed by atoms with E-state index in [1.807, 2.05) is 30.3 Å². The zero-order valence-electron chi connectivity index (χ0n) is 10.4. The quantitative estimate of drug-likeness (QED) is 0.571. The van der Waals surface area contributed by atoms with Gasteiger partial charge in [-0.2, -0.15) is 0 Å². The summed E-state index contributed by atoms with van der Waals surface area (Å²) in [4.78, 5) is 11.8. The standard InChI is InChI=1S/C14H19FOSi/c1-17(2,15)14-9-12(8-13(16)10-14)11-6-4-3-5-7-11/h3-7,12,14H,8-10H2,1-2H3/t12-,14+/m0/s1. The lowest BCUT2D eigenvalue weighted by Crippen LogP contribution is -2.33. The van der Waals surface area contributed by atoms with Crippen LogP contribution in [0.2, 0.25) is 18.6 Å². The molecule has 0 radical (unpaired) electrons. The fourth-order valence-electron chi connectivity index (χ4n) is 2.65. The molecule has 0 aromatic heterocycles. The van der Waals surface area contributed by atoms with Gasteiger partial charge in [-0.15, -0.1) is 0 Å². The molecule has 17 heavy (non-hydrogen) atoms. The van der Waals surface area contributed by atoms with Crippen LogP contribution in [0.15, 0.2) is 30.3 Å². The molecule has 1 nitrogen and oxygen atoms in total. The molecule has 0 saturated heterocycles. The van der Waals surface area contributed by atoms with Crippen LogP contribution >= 0.6 is 0 Å². The van der Waals surface area contributed by atoms with Gasteiger partial charge in [0.1, 0.15) is 5.78 Å².